The fraction of sp³-hybridized carbons (Fsp3) is 0.389. The van der Waals surface area contributed by atoms with E-state index in [1.807, 2.05) is 41.1 Å². The van der Waals surface area contributed by atoms with Crippen LogP contribution in [0.2, 0.25) is 0 Å². The maximum absolute atomic E-state index is 10.5. The van der Waals surface area contributed by atoms with Crippen molar-refractivity contribution in [3.05, 3.63) is 65.1 Å². The number of aliphatic hydroxyl groups excluding tert-OH is 1. The Morgan fingerprint density at radius 1 is 1.20 bits per heavy atom. The Bertz CT molecular complexity index is 842. The minimum absolute atomic E-state index is 0.572. The standard InChI is InChI=1S/C18H21N5O2/c1-13-19-20-18(25-13)12-22-7-8-23-15(11-22)10-16(21-23)17(24)9-14-5-3-2-4-6-14/h2-6,10,17,24H,7-9,11-12H2,1H3. The molecule has 130 valence electrons. The maximum Gasteiger partial charge on any atom is 0.230 e. The molecule has 0 amide bonds. The van der Waals surface area contributed by atoms with Gasteiger partial charge in [-0.3, -0.25) is 9.58 Å². The van der Waals surface area contributed by atoms with Gasteiger partial charge in [0.25, 0.3) is 0 Å². The quantitative estimate of drug-likeness (QED) is 0.764. The highest BCUT2D eigenvalue weighted by atomic mass is 16.4. The van der Waals surface area contributed by atoms with Crippen LogP contribution in [0.15, 0.2) is 40.8 Å². The van der Waals surface area contributed by atoms with E-state index in [0.717, 1.165) is 36.6 Å². The lowest BCUT2D eigenvalue weighted by molar-refractivity contribution is 0.169. The van der Waals surface area contributed by atoms with Gasteiger partial charge in [-0.2, -0.15) is 5.10 Å². The van der Waals surface area contributed by atoms with E-state index in [4.69, 9.17) is 4.42 Å². The average Bonchev–Trinajstić information content (AvgIpc) is 3.21. The molecule has 0 bridgehead atoms. The van der Waals surface area contributed by atoms with Gasteiger partial charge >= 0.3 is 0 Å². The SMILES string of the molecule is Cc1nnc(CN2CCn3nc(C(O)Cc4ccccc4)cc3C2)o1. The van der Waals surface area contributed by atoms with Crippen LogP contribution in [0.1, 0.15) is 34.8 Å². The second kappa shape index (κ2) is 6.78. The number of benzene rings is 1. The van der Waals surface area contributed by atoms with Crippen LogP contribution in [-0.2, 0) is 26.1 Å². The molecule has 3 aromatic rings. The molecule has 0 aliphatic carbocycles. The van der Waals surface area contributed by atoms with Crippen molar-refractivity contribution in [2.45, 2.75) is 39.1 Å². The Hall–Kier alpha value is -2.51. The summed E-state index contributed by atoms with van der Waals surface area (Å²) in [4.78, 5) is 2.25. The lowest BCUT2D eigenvalue weighted by Gasteiger charge is -2.25. The van der Waals surface area contributed by atoms with Crippen LogP contribution in [0.25, 0.3) is 0 Å². The molecular weight excluding hydrogens is 318 g/mol. The van der Waals surface area contributed by atoms with Crippen molar-refractivity contribution in [3.63, 3.8) is 0 Å². The lowest BCUT2D eigenvalue weighted by Crippen LogP contribution is -2.33. The number of fused-ring (bicyclic) bond motifs is 1. The largest absolute Gasteiger partial charge is 0.424 e. The highest BCUT2D eigenvalue weighted by Crippen LogP contribution is 2.22. The number of rotatable bonds is 5. The second-order valence-corrected chi connectivity index (χ2v) is 6.41. The molecule has 3 heterocycles. The first-order valence-corrected chi connectivity index (χ1v) is 8.47. The summed E-state index contributed by atoms with van der Waals surface area (Å²) in [5.74, 6) is 1.22. The van der Waals surface area contributed by atoms with Gasteiger partial charge in [-0.15, -0.1) is 10.2 Å². The Balaban J connectivity index is 1.43. The summed E-state index contributed by atoms with van der Waals surface area (Å²) in [5, 5.41) is 23.0. The van der Waals surface area contributed by atoms with Gasteiger partial charge in [0.1, 0.15) is 6.10 Å². The van der Waals surface area contributed by atoms with Crippen LogP contribution >= 0.6 is 0 Å². The number of hydrogen-bond donors (Lipinski definition) is 1. The molecule has 1 aliphatic heterocycles. The van der Waals surface area contributed by atoms with Gasteiger partial charge in [0.2, 0.25) is 11.8 Å². The number of nitrogens with zero attached hydrogens (tertiary/aromatic N) is 5. The zero-order valence-corrected chi connectivity index (χ0v) is 14.2. The van der Waals surface area contributed by atoms with E-state index in [-0.39, 0.29) is 0 Å². The van der Waals surface area contributed by atoms with E-state index in [9.17, 15) is 5.11 Å². The number of aromatic nitrogens is 4. The Morgan fingerprint density at radius 2 is 2.04 bits per heavy atom. The third kappa shape index (κ3) is 3.62. The van der Waals surface area contributed by atoms with Gasteiger partial charge in [-0.05, 0) is 11.6 Å². The summed E-state index contributed by atoms with van der Waals surface area (Å²) >= 11 is 0. The summed E-state index contributed by atoms with van der Waals surface area (Å²) in [6.45, 7) is 4.84. The van der Waals surface area contributed by atoms with Crippen LogP contribution in [0, 0.1) is 6.92 Å². The average molecular weight is 339 g/mol. The third-order valence-electron chi connectivity index (χ3n) is 4.44. The molecule has 0 spiro atoms. The predicted molar refractivity (Wildman–Crippen MR) is 90.5 cm³/mol. The first-order valence-electron chi connectivity index (χ1n) is 8.47. The van der Waals surface area contributed by atoms with Crippen LogP contribution in [0.5, 0.6) is 0 Å². The van der Waals surface area contributed by atoms with Gasteiger partial charge in [0, 0.05) is 26.4 Å². The highest BCUT2D eigenvalue weighted by Gasteiger charge is 2.22. The molecule has 1 N–H and O–H groups in total. The molecule has 1 atom stereocenters. The van der Waals surface area contributed by atoms with Crippen LogP contribution < -0.4 is 0 Å². The van der Waals surface area contributed by atoms with Crippen LogP contribution in [0.4, 0.5) is 0 Å². The monoisotopic (exact) mass is 339 g/mol. The first-order chi connectivity index (χ1) is 12.2. The van der Waals surface area contributed by atoms with E-state index < -0.39 is 6.10 Å². The van der Waals surface area contributed by atoms with Crippen molar-refractivity contribution in [2.24, 2.45) is 0 Å². The predicted octanol–water partition coefficient (Wildman–Crippen LogP) is 1.87. The Morgan fingerprint density at radius 3 is 2.80 bits per heavy atom. The van der Waals surface area contributed by atoms with Crippen molar-refractivity contribution in [1.29, 1.82) is 0 Å². The fourth-order valence-electron chi connectivity index (χ4n) is 3.18. The molecule has 25 heavy (non-hydrogen) atoms. The van der Waals surface area contributed by atoms with Crippen molar-refractivity contribution < 1.29 is 9.52 Å². The lowest BCUT2D eigenvalue weighted by atomic mass is 10.1. The first kappa shape index (κ1) is 16.0. The van der Waals surface area contributed by atoms with E-state index in [2.05, 4.69) is 20.2 Å². The van der Waals surface area contributed by atoms with Crippen molar-refractivity contribution in [1.82, 2.24) is 24.9 Å². The molecule has 0 saturated carbocycles. The molecule has 7 heteroatoms. The normalized spacial score (nSPS) is 15.9. The maximum atomic E-state index is 10.5. The smallest absolute Gasteiger partial charge is 0.230 e. The number of aryl methyl sites for hydroxylation is 1. The molecule has 4 rings (SSSR count). The molecule has 0 radical (unpaired) electrons. The number of aliphatic hydroxyl groups is 1. The van der Waals surface area contributed by atoms with Crippen LogP contribution in [0.3, 0.4) is 0 Å². The molecule has 1 aliphatic rings. The van der Waals surface area contributed by atoms with Gasteiger partial charge in [-0.25, -0.2) is 0 Å². The Labute approximate surface area is 145 Å². The molecule has 7 nitrogen and oxygen atoms in total. The zero-order valence-electron chi connectivity index (χ0n) is 14.2. The molecule has 0 saturated heterocycles. The minimum atomic E-state index is -0.590. The van der Waals surface area contributed by atoms with Gasteiger partial charge < -0.3 is 9.52 Å². The summed E-state index contributed by atoms with van der Waals surface area (Å²) in [7, 11) is 0. The van der Waals surface area contributed by atoms with E-state index in [1.54, 1.807) is 6.92 Å². The van der Waals surface area contributed by atoms with Crippen LogP contribution in [-0.4, -0.2) is 36.5 Å². The van der Waals surface area contributed by atoms with Crippen molar-refractivity contribution >= 4 is 0 Å². The molecule has 1 aromatic carbocycles. The summed E-state index contributed by atoms with van der Waals surface area (Å²) in [5.41, 5.74) is 2.94. The molecule has 1 unspecified atom stereocenters. The topological polar surface area (TPSA) is 80.2 Å². The minimum Gasteiger partial charge on any atom is -0.424 e. The van der Waals surface area contributed by atoms with Gasteiger partial charge in [0.05, 0.1) is 24.5 Å². The third-order valence-corrected chi connectivity index (χ3v) is 4.44. The molecule has 2 aromatic heterocycles. The molecular formula is C18H21N5O2. The summed E-state index contributed by atoms with van der Waals surface area (Å²) in [6.07, 6.45) is -0.0185. The van der Waals surface area contributed by atoms with E-state index in [1.165, 1.54) is 0 Å². The number of hydrogen-bond acceptors (Lipinski definition) is 6. The summed E-state index contributed by atoms with van der Waals surface area (Å²) in [6, 6.07) is 12.0. The van der Waals surface area contributed by atoms with E-state index in [0.29, 0.717) is 24.7 Å². The Kier molecular flexibility index (Phi) is 4.33. The van der Waals surface area contributed by atoms with Gasteiger partial charge in [0.15, 0.2) is 0 Å². The van der Waals surface area contributed by atoms with Gasteiger partial charge in [-0.1, -0.05) is 30.3 Å². The second-order valence-electron chi connectivity index (χ2n) is 6.41. The fourth-order valence-corrected chi connectivity index (χ4v) is 3.18. The molecule has 0 fully saturated rings. The van der Waals surface area contributed by atoms with Crippen molar-refractivity contribution in [2.75, 3.05) is 6.54 Å². The highest BCUT2D eigenvalue weighted by molar-refractivity contribution is 5.20. The zero-order chi connectivity index (χ0) is 17.2. The van der Waals surface area contributed by atoms with Crippen molar-refractivity contribution in [3.8, 4) is 0 Å². The van der Waals surface area contributed by atoms with E-state index >= 15 is 0 Å². The summed E-state index contributed by atoms with van der Waals surface area (Å²) < 4.78 is 7.44.